The van der Waals surface area contributed by atoms with Crippen molar-refractivity contribution < 1.29 is 13.6 Å². The predicted molar refractivity (Wildman–Crippen MR) is 82.3 cm³/mol. The minimum atomic E-state index is -0.958. The van der Waals surface area contributed by atoms with E-state index in [0.29, 0.717) is 16.2 Å². The molecule has 110 valence electrons. The van der Waals surface area contributed by atoms with Crippen LogP contribution in [0, 0.1) is 25.5 Å². The molecule has 0 spiro atoms. The van der Waals surface area contributed by atoms with Crippen molar-refractivity contribution in [3.05, 3.63) is 57.1 Å². The minimum absolute atomic E-state index is 0.277. The Kier molecular flexibility index (Phi) is 4.27. The number of nitrogens with one attached hydrogen (secondary N) is 1. The highest BCUT2D eigenvalue weighted by Gasteiger charge is 2.17. The number of hydrogen-bond acceptors (Lipinski definition) is 2. The van der Waals surface area contributed by atoms with Crippen LogP contribution in [0.5, 0.6) is 0 Å². The smallest absolute Gasteiger partial charge is 0.258 e. The van der Waals surface area contributed by atoms with Crippen molar-refractivity contribution >= 4 is 33.2 Å². The fourth-order valence-corrected chi connectivity index (χ4v) is 2.77. The van der Waals surface area contributed by atoms with Crippen LogP contribution in [0.25, 0.3) is 0 Å². The van der Waals surface area contributed by atoms with E-state index in [1.807, 2.05) is 26.0 Å². The molecule has 6 heteroatoms. The summed E-state index contributed by atoms with van der Waals surface area (Å²) in [6, 6.07) is 5.30. The topological polar surface area (TPSA) is 55.1 Å². The molecule has 0 aliphatic heterocycles. The number of carbonyl (C=O) groups excluding carboxylic acids is 1. The van der Waals surface area contributed by atoms with Gasteiger partial charge in [0.25, 0.3) is 5.91 Å². The molecule has 2 aromatic carbocycles. The van der Waals surface area contributed by atoms with E-state index < -0.39 is 17.5 Å². The largest absolute Gasteiger partial charge is 0.396 e. The van der Waals surface area contributed by atoms with Crippen LogP contribution < -0.4 is 11.1 Å². The summed E-state index contributed by atoms with van der Waals surface area (Å²) >= 11 is 3.35. The van der Waals surface area contributed by atoms with E-state index >= 15 is 0 Å². The lowest BCUT2D eigenvalue weighted by molar-refractivity contribution is 0.102. The fourth-order valence-electron chi connectivity index (χ4n) is 1.99. The molecule has 0 bridgehead atoms. The van der Waals surface area contributed by atoms with E-state index in [-0.39, 0.29) is 11.3 Å². The maximum absolute atomic E-state index is 13.7. The number of nitrogen functional groups attached to an aromatic ring is 1. The molecule has 0 aliphatic carbocycles. The van der Waals surface area contributed by atoms with Crippen molar-refractivity contribution in [3.63, 3.8) is 0 Å². The number of carbonyl (C=O) groups is 1. The second-order valence-electron chi connectivity index (χ2n) is 4.75. The molecule has 2 aromatic rings. The summed E-state index contributed by atoms with van der Waals surface area (Å²) in [5.74, 6) is -2.54. The SMILES string of the molecule is Cc1cc(C)c(NC(=O)c2cc(N)c(F)cc2F)c(Br)c1. The van der Waals surface area contributed by atoms with Gasteiger partial charge in [0.15, 0.2) is 0 Å². The molecule has 0 saturated heterocycles. The summed E-state index contributed by atoms with van der Waals surface area (Å²) in [7, 11) is 0. The standard InChI is InChI=1S/C15H13BrF2N2O/c1-7-3-8(2)14(10(16)4-7)20-15(21)9-5-13(19)12(18)6-11(9)17/h3-6H,19H2,1-2H3,(H,20,21). The quantitative estimate of drug-likeness (QED) is 0.794. The Bertz CT molecular complexity index is 709. The number of hydrogen-bond donors (Lipinski definition) is 2. The van der Waals surface area contributed by atoms with Crippen LogP contribution >= 0.6 is 15.9 Å². The van der Waals surface area contributed by atoms with Crippen LogP contribution in [-0.2, 0) is 0 Å². The van der Waals surface area contributed by atoms with Crippen molar-refractivity contribution in [2.45, 2.75) is 13.8 Å². The Morgan fingerprint density at radius 1 is 1.14 bits per heavy atom. The molecule has 0 aliphatic rings. The summed E-state index contributed by atoms with van der Waals surface area (Å²) in [6.07, 6.45) is 0. The molecule has 0 atom stereocenters. The van der Waals surface area contributed by atoms with Gasteiger partial charge in [-0.15, -0.1) is 0 Å². The number of nitrogens with two attached hydrogens (primary N) is 1. The maximum Gasteiger partial charge on any atom is 0.258 e. The average Bonchev–Trinajstić information content (AvgIpc) is 2.37. The normalized spacial score (nSPS) is 10.5. The number of rotatable bonds is 2. The van der Waals surface area contributed by atoms with Gasteiger partial charge in [-0.3, -0.25) is 4.79 Å². The molecule has 0 unspecified atom stereocenters. The molecule has 1 amide bonds. The third kappa shape index (κ3) is 3.21. The monoisotopic (exact) mass is 354 g/mol. The van der Waals surface area contributed by atoms with Gasteiger partial charge in [0.2, 0.25) is 0 Å². The zero-order valence-corrected chi connectivity index (χ0v) is 13.0. The highest BCUT2D eigenvalue weighted by Crippen LogP contribution is 2.28. The first kappa shape index (κ1) is 15.4. The fraction of sp³-hybridized carbons (Fsp3) is 0.133. The molecular formula is C15H13BrF2N2O. The summed E-state index contributed by atoms with van der Waals surface area (Å²) < 4.78 is 27.5. The minimum Gasteiger partial charge on any atom is -0.396 e. The Labute approximate surface area is 129 Å². The van der Waals surface area contributed by atoms with Crippen LogP contribution in [0.1, 0.15) is 21.5 Å². The number of anilines is 2. The zero-order chi connectivity index (χ0) is 15.7. The third-order valence-corrected chi connectivity index (χ3v) is 3.63. The second kappa shape index (κ2) is 5.81. The Morgan fingerprint density at radius 2 is 1.81 bits per heavy atom. The second-order valence-corrected chi connectivity index (χ2v) is 5.60. The van der Waals surface area contributed by atoms with Crippen molar-refractivity contribution in [1.29, 1.82) is 0 Å². The van der Waals surface area contributed by atoms with Gasteiger partial charge in [0.1, 0.15) is 11.6 Å². The van der Waals surface area contributed by atoms with Crippen LogP contribution in [0.4, 0.5) is 20.2 Å². The van der Waals surface area contributed by atoms with Gasteiger partial charge in [0.05, 0.1) is 16.9 Å². The van der Waals surface area contributed by atoms with Gasteiger partial charge in [-0.05, 0) is 53.0 Å². The van der Waals surface area contributed by atoms with Crippen molar-refractivity contribution in [1.82, 2.24) is 0 Å². The molecule has 0 fully saturated rings. The van der Waals surface area contributed by atoms with Gasteiger partial charge < -0.3 is 11.1 Å². The molecule has 3 N–H and O–H groups in total. The number of amides is 1. The molecule has 0 radical (unpaired) electrons. The lowest BCUT2D eigenvalue weighted by Crippen LogP contribution is -2.16. The summed E-state index contributed by atoms with van der Waals surface area (Å²) in [4.78, 5) is 12.1. The van der Waals surface area contributed by atoms with Crippen molar-refractivity contribution in [3.8, 4) is 0 Å². The average molecular weight is 355 g/mol. The van der Waals surface area contributed by atoms with Gasteiger partial charge in [-0.25, -0.2) is 8.78 Å². The first-order valence-electron chi connectivity index (χ1n) is 6.12. The van der Waals surface area contributed by atoms with Gasteiger partial charge in [0, 0.05) is 10.5 Å². The van der Waals surface area contributed by atoms with Crippen LogP contribution in [-0.4, -0.2) is 5.91 Å². The van der Waals surface area contributed by atoms with Crippen molar-refractivity contribution in [2.75, 3.05) is 11.1 Å². The van der Waals surface area contributed by atoms with E-state index in [4.69, 9.17) is 5.73 Å². The van der Waals surface area contributed by atoms with Gasteiger partial charge >= 0.3 is 0 Å². The van der Waals surface area contributed by atoms with E-state index in [1.165, 1.54) is 0 Å². The maximum atomic E-state index is 13.7. The van der Waals surface area contributed by atoms with E-state index in [1.54, 1.807) is 0 Å². The Morgan fingerprint density at radius 3 is 2.43 bits per heavy atom. The van der Waals surface area contributed by atoms with Crippen LogP contribution in [0.2, 0.25) is 0 Å². The van der Waals surface area contributed by atoms with E-state index in [2.05, 4.69) is 21.2 Å². The number of aryl methyl sites for hydroxylation is 2. The first-order chi connectivity index (χ1) is 9.79. The lowest BCUT2D eigenvalue weighted by Gasteiger charge is -2.12. The highest BCUT2D eigenvalue weighted by atomic mass is 79.9. The van der Waals surface area contributed by atoms with Crippen molar-refractivity contribution in [2.24, 2.45) is 0 Å². The Hall–Kier alpha value is -1.95. The number of benzene rings is 2. The van der Waals surface area contributed by atoms with Gasteiger partial charge in [-0.1, -0.05) is 6.07 Å². The summed E-state index contributed by atoms with van der Waals surface area (Å²) in [5.41, 5.74) is 7.17. The van der Waals surface area contributed by atoms with E-state index in [9.17, 15) is 13.6 Å². The van der Waals surface area contributed by atoms with Crippen LogP contribution in [0.3, 0.4) is 0 Å². The molecule has 2 rings (SSSR count). The van der Waals surface area contributed by atoms with Crippen LogP contribution in [0.15, 0.2) is 28.7 Å². The first-order valence-corrected chi connectivity index (χ1v) is 6.91. The molecule has 0 aromatic heterocycles. The molecular weight excluding hydrogens is 342 g/mol. The third-order valence-electron chi connectivity index (χ3n) is 3.00. The van der Waals surface area contributed by atoms with Gasteiger partial charge in [-0.2, -0.15) is 0 Å². The Balaban J connectivity index is 2.37. The lowest BCUT2D eigenvalue weighted by atomic mass is 10.1. The highest BCUT2D eigenvalue weighted by molar-refractivity contribution is 9.10. The molecule has 0 saturated carbocycles. The zero-order valence-electron chi connectivity index (χ0n) is 11.4. The number of halogens is 3. The molecule has 0 heterocycles. The van der Waals surface area contributed by atoms with E-state index in [0.717, 1.165) is 17.2 Å². The summed E-state index contributed by atoms with van der Waals surface area (Å²) in [6.45, 7) is 3.74. The summed E-state index contributed by atoms with van der Waals surface area (Å²) in [5, 5.41) is 2.61. The molecule has 3 nitrogen and oxygen atoms in total. The molecule has 21 heavy (non-hydrogen) atoms. The predicted octanol–water partition coefficient (Wildman–Crippen LogP) is 4.18.